The molecule has 134 valence electrons. The molecule has 0 aromatic carbocycles. The Labute approximate surface area is 159 Å². The van der Waals surface area contributed by atoms with E-state index in [0.717, 1.165) is 18.4 Å². The maximum absolute atomic E-state index is 11.8. The second-order valence-electron chi connectivity index (χ2n) is 6.96. The third-order valence-corrected chi connectivity index (χ3v) is 3.85. The van der Waals surface area contributed by atoms with Gasteiger partial charge in [-0.1, -0.05) is 6.07 Å². The number of carbonyl (C=O) groups excluding carboxylic acids is 1. The van der Waals surface area contributed by atoms with E-state index in [9.17, 15) is 14.7 Å². The average Bonchev–Trinajstić information content (AvgIpc) is 3.17. The summed E-state index contributed by atoms with van der Waals surface area (Å²) in [6.07, 6.45) is 2.77. The fourth-order valence-corrected chi connectivity index (χ4v) is 2.64. The van der Waals surface area contributed by atoms with Crippen molar-refractivity contribution in [3.63, 3.8) is 0 Å². The van der Waals surface area contributed by atoms with Crippen LogP contribution in [0, 0.1) is 0 Å². The molecule has 1 aliphatic rings. The molecule has 9 heteroatoms. The molecule has 8 nitrogen and oxygen atoms in total. The Morgan fingerprint density at radius 3 is 2.48 bits per heavy atom. The molecule has 0 aliphatic heterocycles. The van der Waals surface area contributed by atoms with Crippen molar-refractivity contribution in [3.8, 4) is 0 Å². The predicted octanol–water partition coefficient (Wildman–Crippen LogP) is -1.11. The van der Waals surface area contributed by atoms with E-state index < -0.39 is 23.7 Å². The van der Waals surface area contributed by atoms with Gasteiger partial charge in [0, 0.05) is 17.2 Å². The normalized spacial score (nSPS) is 15.8. The number of alkyl carbamates (subject to hydrolysis) is 1. The number of carboxylic acids is 1. The van der Waals surface area contributed by atoms with Crippen molar-refractivity contribution in [1.29, 1.82) is 0 Å². The number of amides is 1. The van der Waals surface area contributed by atoms with Crippen molar-refractivity contribution in [2.75, 3.05) is 5.73 Å². The first kappa shape index (κ1) is 23.2. The van der Waals surface area contributed by atoms with Crippen LogP contribution in [-0.2, 0) is 14.9 Å². The number of ether oxygens (including phenoxy) is 1. The molecule has 1 fully saturated rings. The summed E-state index contributed by atoms with van der Waals surface area (Å²) >= 11 is 0. The fraction of sp³-hybridized carbons (Fsp3) is 0.562. The predicted molar refractivity (Wildman–Crippen MR) is 86.9 cm³/mol. The first-order valence-corrected chi connectivity index (χ1v) is 7.56. The van der Waals surface area contributed by atoms with Crippen LogP contribution < -0.4 is 29.9 Å². The second-order valence-corrected chi connectivity index (χ2v) is 6.96. The van der Waals surface area contributed by atoms with E-state index in [1.165, 1.54) is 0 Å². The molecule has 1 aliphatic carbocycles. The van der Waals surface area contributed by atoms with Gasteiger partial charge in [-0.05, 0) is 46.1 Å². The maximum atomic E-state index is 11.8. The van der Waals surface area contributed by atoms with Crippen molar-refractivity contribution in [3.05, 3.63) is 23.9 Å². The van der Waals surface area contributed by atoms with Gasteiger partial charge in [-0.25, -0.2) is 14.6 Å². The van der Waals surface area contributed by atoms with Crippen LogP contribution in [-0.4, -0.2) is 39.3 Å². The number of nitrogen functional groups attached to an aromatic ring is 1. The molecular weight excluding hydrogens is 321 g/mol. The summed E-state index contributed by atoms with van der Waals surface area (Å²) in [4.78, 5) is 27.4. The van der Waals surface area contributed by atoms with Crippen LogP contribution >= 0.6 is 0 Å². The van der Waals surface area contributed by atoms with Crippen LogP contribution in [0.25, 0.3) is 0 Å². The van der Waals surface area contributed by atoms with Crippen molar-refractivity contribution in [2.45, 2.75) is 57.1 Å². The molecule has 0 saturated heterocycles. The Kier molecular flexibility index (Phi) is 7.96. The third-order valence-electron chi connectivity index (χ3n) is 3.85. The zero-order valence-corrected chi connectivity index (χ0v) is 15.1. The summed E-state index contributed by atoms with van der Waals surface area (Å²) in [5, 5.41) is 11.8. The Morgan fingerprint density at radius 2 is 2.04 bits per heavy atom. The largest absolute Gasteiger partial charge is 1.00 e. The number of hydrogen-bond acceptors (Lipinski definition) is 6. The van der Waals surface area contributed by atoms with Crippen molar-refractivity contribution < 1.29 is 43.8 Å². The Balaban J connectivity index is 0.00000288. The summed E-state index contributed by atoms with van der Waals surface area (Å²) < 4.78 is 5.13. The summed E-state index contributed by atoms with van der Waals surface area (Å²) in [5.41, 5.74) is 5.74. The number of hydrogen-bond donors (Lipinski definition) is 3. The van der Waals surface area contributed by atoms with Gasteiger partial charge >= 0.3 is 30.9 Å². The van der Waals surface area contributed by atoms with E-state index in [-0.39, 0.29) is 36.2 Å². The number of aromatic nitrogens is 1. The minimum Gasteiger partial charge on any atom is -0.870 e. The van der Waals surface area contributed by atoms with Crippen molar-refractivity contribution in [2.24, 2.45) is 0 Å². The molecule has 25 heavy (non-hydrogen) atoms. The zero-order chi connectivity index (χ0) is 17.3. The molecule has 1 heterocycles. The minimum atomic E-state index is -1.09. The minimum absolute atomic E-state index is 0. The first-order valence-electron chi connectivity index (χ1n) is 7.56. The molecular formula is C16H24LiN3O5. The number of carboxylic acid groups (broad SMARTS) is 1. The van der Waals surface area contributed by atoms with Crippen LogP contribution in [0.3, 0.4) is 0 Å². The maximum Gasteiger partial charge on any atom is 1.00 e. The standard InChI is InChI=1S/C16H23N3O4.Li.H2O/c1-15(2,3)23-14(22)19-11(13(20)21)9-16(6-7-16)10-5-4-8-18-12(10)17;;/h4-5,8,11H,6-7,9H2,1-3H3,(H2,17,18)(H,19,22)(H,20,21);;1H2/q;+1;/p-1. The number of pyridine rings is 1. The number of nitrogens with two attached hydrogens (primary N) is 1. The molecule has 1 unspecified atom stereocenters. The van der Waals surface area contributed by atoms with Crippen LogP contribution in [0.1, 0.15) is 45.6 Å². The molecule has 0 spiro atoms. The molecule has 0 bridgehead atoms. The van der Waals surface area contributed by atoms with Gasteiger partial charge in [0.2, 0.25) is 0 Å². The summed E-state index contributed by atoms with van der Waals surface area (Å²) in [5.74, 6) is -0.684. The smallest absolute Gasteiger partial charge is 0.870 e. The number of anilines is 1. The van der Waals surface area contributed by atoms with E-state index in [0.29, 0.717) is 5.82 Å². The third kappa shape index (κ3) is 6.23. The van der Waals surface area contributed by atoms with E-state index in [2.05, 4.69) is 10.3 Å². The van der Waals surface area contributed by atoms with Gasteiger partial charge in [0.05, 0.1) is 0 Å². The molecule has 2 rings (SSSR count). The van der Waals surface area contributed by atoms with Gasteiger partial charge in [-0.15, -0.1) is 0 Å². The number of rotatable bonds is 5. The van der Waals surface area contributed by atoms with Gasteiger partial charge in [-0.3, -0.25) is 0 Å². The molecule has 1 aromatic heterocycles. The molecule has 1 amide bonds. The topological polar surface area (TPSA) is 145 Å². The summed E-state index contributed by atoms with van der Waals surface area (Å²) in [6, 6.07) is 2.61. The van der Waals surface area contributed by atoms with Crippen molar-refractivity contribution >= 4 is 17.9 Å². The van der Waals surface area contributed by atoms with E-state index in [1.54, 1.807) is 33.0 Å². The number of carbonyl (C=O) groups is 2. The molecule has 1 saturated carbocycles. The van der Waals surface area contributed by atoms with Crippen LogP contribution in [0.5, 0.6) is 0 Å². The molecule has 5 N–H and O–H groups in total. The van der Waals surface area contributed by atoms with Crippen molar-refractivity contribution in [1.82, 2.24) is 10.3 Å². The second kappa shape index (κ2) is 8.56. The number of nitrogens with zero attached hydrogens (tertiary/aromatic N) is 1. The Hall–Kier alpha value is -1.75. The van der Waals surface area contributed by atoms with Gasteiger partial charge in [0.15, 0.2) is 0 Å². The van der Waals surface area contributed by atoms with Crippen LogP contribution in [0.4, 0.5) is 10.6 Å². The first-order chi connectivity index (χ1) is 10.6. The van der Waals surface area contributed by atoms with Gasteiger partial charge < -0.3 is 26.4 Å². The molecule has 1 aromatic rings. The summed E-state index contributed by atoms with van der Waals surface area (Å²) in [7, 11) is 0. The van der Waals surface area contributed by atoms with E-state index in [1.807, 2.05) is 6.07 Å². The quantitative estimate of drug-likeness (QED) is 0.574. The Morgan fingerprint density at radius 1 is 1.44 bits per heavy atom. The molecule has 0 radical (unpaired) electrons. The van der Waals surface area contributed by atoms with Gasteiger partial charge in [0.1, 0.15) is 17.5 Å². The monoisotopic (exact) mass is 345 g/mol. The molecule has 1 atom stereocenters. The van der Waals surface area contributed by atoms with Crippen LogP contribution in [0.15, 0.2) is 18.3 Å². The average molecular weight is 345 g/mol. The zero-order valence-electron chi connectivity index (χ0n) is 15.1. The summed E-state index contributed by atoms with van der Waals surface area (Å²) in [6.45, 7) is 5.17. The van der Waals surface area contributed by atoms with E-state index >= 15 is 0 Å². The van der Waals surface area contributed by atoms with Gasteiger partial charge in [-0.2, -0.15) is 0 Å². The number of aliphatic carboxylic acids is 1. The van der Waals surface area contributed by atoms with Crippen LogP contribution in [0.2, 0.25) is 0 Å². The SMILES string of the molecule is CC(C)(C)OC(=O)NC(CC1(c2cccnc2N)CC1)C(=O)O.[Li+].[OH-]. The van der Waals surface area contributed by atoms with Gasteiger partial charge in [0.25, 0.3) is 0 Å². The Bertz CT molecular complexity index is 614. The van der Waals surface area contributed by atoms with E-state index in [4.69, 9.17) is 10.5 Å². The number of nitrogens with one attached hydrogen (secondary N) is 1. The fourth-order valence-electron chi connectivity index (χ4n) is 2.64.